The van der Waals surface area contributed by atoms with Gasteiger partial charge in [-0.3, -0.25) is 4.79 Å². The van der Waals surface area contributed by atoms with Crippen molar-refractivity contribution in [3.63, 3.8) is 0 Å². The zero-order valence-electron chi connectivity index (χ0n) is 11.0. The van der Waals surface area contributed by atoms with E-state index < -0.39 is 0 Å². The Morgan fingerprint density at radius 2 is 2.06 bits per heavy atom. The van der Waals surface area contributed by atoms with Crippen LogP contribution in [0.4, 0.5) is 5.69 Å². The largest absolute Gasteiger partial charge is 0.373 e. The van der Waals surface area contributed by atoms with Gasteiger partial charge in [-0.1, -0.05) is 31.9 Å². The molecule has 2 N–H and O–H groups in total. The Hall–Kier alpha value is -1.03. The lowest BCUT2D eigenvalue weighted by atomic mass is 10.2. The molecule has 18 heavy (non-hydrogen) atoms. The van der Waals surface area contributed by atoms with Crippen LogP contribution in [0, 0.1) is 0 Å². The third-order valence-electron chi connectivity index (χ3n) is 2.72. The minimum Gasteiger partial charge on any atom is -0.373 e. The molecule has 0 bridgehead atoms. The molecule has 100 valence electrons. The number of para-hydroxylation sites is 1. The number of benzene rings is 1. The number of anilines is 1. The fourth-order valence-corrected chi connectivity index (χ4v) is 2.02. The van der Waals surface area contributed by atoms with Gasteiger partial charge in [-0.2, -0.15) is 0 Å². The standard InChI is InChI=1S/C14H21BrN2O/c1-3-4-7-10-16-14(18)11(2)17-13-9-6-5-8-12(13)15/h5-6,8-9,11,17H,3-4,7,10H2,1-2H3,(H,16,18). The van der Waals surface area contributed by atoms with Gasteiger partial charge in [0.1, 0.15) is 6.04 Å². The molecule has 0 aliphatic rings. The SMILES string of the molecule is CCCCCNC(=O)C(C)Nc1ccccc1Br. The topological polar surface area (TPSA) is 41.1 Å². The van der Waals surface area contributed by atoms with E-state index in [4.69, 9.17) is 0 Å². The summed E-state index contributed by atoms with van der Waals surface area (Å²) in [6.45, 7) is 4.78. The summed E-state index contributed by atoms with van der Waals surface area (Å²) >= 11 is 3.45. The number of hydrogen-bond donors (Lipinski definition) is 2. The van der Waals surface area contributed by atoms with E-state index in [1.165, 1.54) is 6.42 Å². The Bertz CT molecular complexity index is 382. The summed E-state index contributed by atoms with van der Waals surface area (Å²) in [6, 6.07) is 7.56. The van der Waals surface area contributed by atoms with E-state index in [0.717, 1.165) is 29.5 Å². The molecule has 0 saturated carbocycles. The number of carbonyl (C=O) groups is 1. The van der Waals surface area contributed by atoms with Crippen LogP contribution in [0.25, 0.3) is 0 Å². The van der Waals surface area contributed by atoms with Crippen molar-refractivity contribution in [2.75, 3.05) is 11.9 Å². The molecule has 0 aromatic heterocycles. The molecular weight excluding hydrogens is 292 g/mol. The van der Waals surface area contributed by atoms with Crippen LogP contribution in [0.2, 0.25) is 0 Å². The van der Waals surface area contributed by atoms with Crippen molar-refractivity contribution in [1.29, 1.82) is 0 Å². The van der Waals surface area contributed by atoms with E-state index >= 15 is 0 Å². The van der Waals surface area contributed by atoms with Crippen molar-refractivity contribution in [2.45, 2.75) is 39.2 Å². The van der Waals surface area contributed by atoms with Crippen molar-refractivity contribution in [2.24, 2.45) is 0 Å². The number of unbranched alkanes of at least 4 members (excludes halogenated alkanes) is 2. The maximum Gasteiger partial charge on any atom is 0.242 e. The molecule has 1 aromatic carbocycles. The van der Waals surface area contributed by atoms with Crippen molar-refractivity contribution in [1.82, 2.24) is 5.32 Å². The lowest BCUT2D eigenvalue weighted by molar-refractivity contribution is -0.121. The molecular formula is C14H21BrN2O. The summed E-state index contributed by atoms with van der Waals surface area (Å²) in [5.74, 6) is 0.0434. The number of rotatable bonds is 7. The van der Waals surface area contributed by atoms with Crippen molar-refractivity contribution in [3.8, 4) is 0 Å². The Kier molecular flexibility index (Phi) is 6.80. The maximum atomic E-state index is 11.8. The molecule has 1 atom stereocenters. The average molecular weight is 313 g/mol. The zero-order chi connectivity index (χ0) is 13.4. The Morgan fingerprint density at radius 3 is 2.72 bits per heavy atom. The summed E-state index contributed by atoms with van der Waals surface area (Å²) in [6.07, 6.45) is 3.37. The van der Waals surface area contributed by atoms with E-state index in [9.17, 15) is 4.79 Å². The number of nitrogens with one attached hydrogen (secondary N) is 2. The van der Waals surface area contributed by atoms with Crippen molar-refractivity contribution in [3.05, 3.63) is 28.7 Å². The minimum atomic E-state index is -0.231. The van der Waals surface area contributed by atoms with Gasteiger partial charge in [0.25, 0.3) is 0 Å². The van der Waals surface area contributed by atoms with Gasteiger partial charge in [-0.05, 0) is 41.4 Å². The molecule has 1 rings (SSSR count). The highest BCUT2D eigenvalue weighted by Gasteiger charge is 2.12. The molecule has 1 unspecified atom stereocenters. The Balaban J connectivity index is 2.38. The molecule has 1 amide bonds. The second kappa shape index (κ2) is 8.14. The number of hydrogen-bond acceptors (Lipinski definition) is 2. The zero-order valence-corrected chi connectivity index (χ0v) is 12.6. The quantitative estimate of drug-likeness (QED) is 0.756. The van der Waals surface area contributed by atoms with Gasteiger partial charge in [0.2, 0.25) is 5.91 Å². The van der Waals surface area contributed by atoms with Crippen molar-refractivity contribution < 1.29 is 4.79 Å². The Labute approximate surface area is 117 Å². The predicted octanol–water partition coefficient (Wildman–Crippen LogP) is 3.56. The van der Waals surface area contributed by atoms with Crippen LogP contribution in [0.1, 0.15) is 33.1 Å². The van der Waals surface area contributed by atoms with Gasteiger partial charge in [0.15, 0.2) is 0 Å². The normalized spacial score (nSPS) is 11.9. The predicted molar refractivity (Wildman–Crippen MR) is 79.8 cm³/mol. The van der Waals surface area contributed by atoms with Crippen LogP contribution in [0.3, 0.4) is 0 Å². The fraction of sp³-hybridized carbons (Fsp3) is 0.500. The highest BCUT2D eigenvalue weighted by atomic mass is 79.9. The van der Waals surface area contributed by atoms with Gasteiger partial charge in [-0.25, -0.2) is 0 Å². The summed E-state index contributed by atoms with van der Waals surface area (Å²) < 4.78 is 0.968. The smallest absolute Gasteiger partial charge is 0.242 e. The van der Waals surface area contributed by atoms with E-state index in [-0.39, 0.29) is 11.9 Å². The first-order valence-electron chi connectivity index (χ1n) is 6.44. The molecule has 0 heterocycles. The van der Waals surface area contributed by atoms with Gasteiger partial charge >= 0.3 is 0 Å². The van der Waals surface area contributed by atoms with Crippen LogP contribution in [-0.4, -0.2) is 18.5 Å². The van der Waals surface area contributed by atoms with Crippen LogP contribution in [-0.2, 0) is 4.79 Å². The minimum absolute atomic E-state index is 0.0434. The molecule has 3 nitrogen and oxygen atoms in total. The second-order valence-corrected chi connectivity index (χ2v) is 5.20. The van der Waals surface area contributed by atoms with Gasteiger partial charge in [0.05, 0.1) is 0 Å². The summed E-state index contributed by atoms with van der Waals surface area (Å²) in [4.78, 5) is 11.8. The third kappa shape index (κ3) is 5.08. The average Bonchev–Trinajstić information content (AvgIpc) is 2.37. The monoisotopic (exact) mass is 312 g/mol. The molecule has 0 aliphatic carbocycles. The molecule has 0 fully saturated rings. The van der Waals surface area contributed by atoms with Gasteiger partial charge in [-0.15, -0.1) is 0 Å². The molecule has 0 radical (unpaired) electrons. The fourth-order valence-electron chi connectivity index (χ4n) is 1.62. The maximum absolute atomic E-state index is 11.8. The van der Waals surface area contributed by atoms with E-state index in [2.05, 4.69) is 33.5 Å². The Morgan fingerprint density at radius 1 is 1.33 bits per heavy atom. The number of amides is 1. The second-order valence-electron chi connectivity index (χ2n) is 4.34. The first-order valence-corrected chi connectivity index (χ1v) is 7.23. The molecule has 0 aliphatic heterocycles. The third-order valence-corrected chi connectivity index (χ3v) is 3.41. The van der Waals surface area contributed by atoms with E-state index in [1.54, 1.807) is 0 Å². The first kappa shape index (κ1) is 15.0. The highest BCUT2D eigenvalue weighted by molar-refractivity contribution is 9.10. The van der Waals surface area contributed by atoms with Crippen LogP contribution in [0.15, 0.2) is 28.7 Å². The summed E-state index contributed by atoms with van der Waals surface area (Å²) in [5.41, 5.74) is 0.939. The molecule has 0 spiro atoms. The molecule has 0 saturated heterocycles. The lowest BCUT2D eigenvalue weighted by Gasteiger charge is -2.16. The van der Waals surface area contributed by atoms with E-state index in [1.807, 2.05) is 31.2 Å². The lowest BCUT2D eigenvalue weighted by Crippen LogP contribution is -2.38. The van der Waals surface area contributed by atoms with Crippen LogP contribution < -0.4 is 10.6 Å². The van der Waals surface area contributed by atoms with Crippen LogP contribution in [0.5, 0.6) is 0 Å². The number of carbonyl (C=O) groups excluding carboxylic acids is 1. The van der Waals surface area contributed by atoms with Gasteiger partial charge in [0, 0.05) is 16.7 Å². The molecule has 1 aromatic rings. The van der Waals surface area contributed by atoms with Crippen LogP contribution >= 0.6 is 15.9 Å². The van der Waals surface area contributed by atoms with Gasteiger partial charge < -0.3 is 10.6 Å². The first-order chi connectivity index (χ1) is 8.65. The number of halogens is 1. The summed E-state index contributed by atoms with van der Waals surface area (Å²) in [5, 5.41) is 6.13. The van der Waals surface area contributed by atoms with Crippen molar-refractivity contribution >= 4 is 27.5 Å². The molecule has 4 heteroatoms. The summed E-state index contributed by atoms with van der Waals surface area (Å²) in [7, 11) is 0. The van der Waals surface area contributed by atoms with E-state index in [0.29, 0.717) is 0 Å². The highest BCUT2D eigenvalue weighted by Crippen LogP contribution is 2.21.